The van der Waals surface area contributed by atoms with Gasteiger partial charge < -0.3 is 14.2 Å². The lowest BCUT2D eigenvalue weighted by atomic mass is 10.1. The van der Waals surface area contributed by atoms with Gasteiger partial charge in [0.2, 0.25) is 0 Å². The van der Waals surface area contributed by atoms with Crippen LogP contribution >= 0.6 is 0 Å². The van der Waals surface area contributed by atoms with Crippen LogP contribution < -0.4 is 0 Å². The summed E-state index contributed by atoms with van der Waals surface area (Å²) in [5.74, 6) is -0.362. The highest BCUT2D eigenvalue weighted by molar-refractivity contribution is 5.89. The van der Waals surface area contributed by atoms with E-state index in [1.165, 1.54) is 0 Å². The van der Waals surface area contributed by atoms with Crippen LogP contribution in [0.25, 0.3) is 0 Å². The second-order valence-corrected chi connectivity index (χ2v) is 5.69. The van der Waals surface area contributed by atoms with E-state index in [0.29, 0.717) is 18.8 Å². The monoisotopic (exact) mass is 324 g/mol. The Morgan fingerprint density at radius 3 is 2.46 bits per heavy atom. The van der Waals surface area contributed by atoms with Crippen LogP contribution in [0.1, 0.15) is 15.9 Å². The maximum Gasteiger partial charge on any atom is 0.338 e. The summed E-state index contributed by atoms with van der Waals surface area (Å²) in [6.45, 7) is 5.03. The van der Waals surface area contributed by atoms with Gasteiger partial charge >= 0.3 is 5.97 Å². The van der Waals surface area contributed by atoms with Crippen LogP contribution in [0, 0.1) is 0 Å². The molecule has 2 atom stereocenters. The van der Waals surface area contributed by atoms with Crippen LogP contribution in [0.4, 0.5) is 0 Å². The summed E-state index contributed by atoms with van der Waals surface area (Å²) >= 11 is 0. The minimum atomic E-state index is -0.362. The van der Waals surface area contributed by atoms with E-state index >= 15 is 0 Å². The number of carbonyl (C=O) groups is 1. The van der Waals surface area contributed by atoms with Crippen LogP contribution in [-0.2, 0) is 20.8 Å². The molecule has 2 aromatic rings. The molecule has 0 bridgehead atoms. The van der Waals surface area contributed by atoms with E-state index < -0.39 is 0 Å². The molecule has 3 rings (SSSR count). The Morgan fingerprint density at radius 2 is 1.75 bits per heavy atom. The van der Waals surface area contributed by atoms with E-state index in [9.17, 15) is 4.79 Å². The van der Waals surface area contributed by atoms with Crippen molar-refractivity contribution in [2.75, 3.05) is 13.2 Å². The fourth-order valence-electron chi connectivity index (χ4n) is 2.58. The number of carbonyl (C=O) groups excluding carboxylic acids is 1. The molecular weight excluding hydrogens is 304 g/mol. The van der Waals surface area contributed by atoms with Crippen LogP contribution in [0.5, 0.6) is 0 Å². The van der Waals surface area contributed by atoms with Crippen molar-refractivity contribution in [3.8, 4) is 0 Å². The van der Waals surface area contributed by atoms with Crippen LogP contribution in [-0.4, -0.2) is 31.4 Å². The SMILES string of the molecule is C=C1CO[C@H](COC(=O)c2ccccc2)C1OCc1ccccc1. The smallest absolute Gasteiger partial charge is 0.338 e. The van der Waals surface area contributed by atoms with E-state index in [1.54, 1.807) is 24.3 Å². The van der Waals surface area contributed by atoms with E-state index in [0.717, 1.165) is 11.1 Å². The predicted molar refractivity (Wildman–Crippen MR) is 90.6 cm³/mol. The zero-order chi connectivity index (χ0) is 16.8. The average Bonchev–Trinajstić information content (AvgIpc) is 2.99. The van der Waals surface area contributed by atoms with Crippen molar-refractivity contribution < 1.29 is 19.0 Å². The molecule has 1 fully saturated rings. The lowest BCUT2D eigenvalue weighted by molar-refractivity contribution is -0.0428. The molecule has 0 aliphatic carbocycles. The van der Waals surface area contributed by atoms with Crippen LogP contribution in [0.15, 0.2) is 72.8 Å². The number of hydrogen-bond donors (Lipinski definition) is 0. The van der Waals surface area contributed by atoms with Gasteiger partial charge in [0.1, 0.15) is 18.8 Å². The molecule has 1 aliphatic rings. The number of esters is 1. The second kappa shape index (κ2) is 7.90. The number of ether oxygens (including phenoxy) is 3. The van der Waals surface area contributed by atoms with Gasteiger partial charge in [-0.3, -0.25) is 0 Å². The molecule has 4 heteroatoms. The van der Waals surface area contributed by atoms with Crippen LogP contribution in [0.3, 0.4) is 0 Å². The lowest BCUT2D eigenvalue weighted by Crippen LogP contribution is -2.31. The quantitative estimate of drug-likeness (QED) is 0.603. The summed E-state index contributed by atoms with van der Waals surface area (Å²) in [5.41, 5.74) is 2.47. The topological polar surface area (TPSA) is 44.8 Å². The molecule has 0 N–H and O–H groups in total. The van der Waals surface area contributed by atoms with Gasteiger partial charge in [-0.15, -0.1) is 0 Å². The predicted octanol–water partition coefficient (Wildman–Crippen LogP) is 3.38. The Kier molecular flexibility index (Phi) is 5.41. The van der Waals surface area contributed by atoms with E-state index in [4.69, 9.17) is 14.2 Å². The third kappa shape index (κ3) is 4.10. The number of rotatable bonds is 6. The van der Waals surface area contributed by atoms with Crippen molar-refractivity contribution in [2.45, 2.75) is 18.8 Å². The molecule has 0 saturated carbocycles. The molecule has 4 nitrogen and oxygen atoms in total. The first kappa shape index (κ1) is 16.4. The van der Waals surface area contributed by atoms with Crippen molar-refractivity contribution in [1.29, 1.82) is 0 Å². The third-order valence-corrected chi connectivity index (χ3v) is 3.88. The first-order valence-electron chi connectivity index (χ1n) is 7.91. The summed E-state index contributed by atoms with van der Waals surface area (Å²) in [6, 6.07) is 18.8. The second-order valence-electron chi connectivity index (χ2n) is 5.69. The largest absolute Gasteiger partial charge is 0.459 e. The highest BCUT2D eigenvalue weighted by atomic mass is 16.6. The number of hydrogen-bond acceptors (Lipinski definition) is 4. The molecule has 1 heterocycles. The van der Waals surface area contributed by atoms with Crippen molar-refractivity contribution >= 4 is 5.97 Å². The molecule has 0 spiro atoms. The first-order valence-corrected chi connectivity index (χ1v) is 7.91. The van der Waals surface area contributed by atoms with Crippen molar-refractivity contribution in [2.24, 2.45) is 0 Å². The van der Waals surface area contributed by atoms with Gasteiger partial charge in [0, 0.05) is 0 Å². The minimum Gasteiger partial charge on any atom is -0.459 e. The Balaban J connectivity index is 1.54. The maximum atomic E-state index is 12.0. The standard InChI is InChI=1S/C20H20O4/c1-15-12-22-18(14-24-20(21)17-10-6-3-7-11-17)19(15)23-13-16-8-4-2-5-9-16/h2-11,18-19H,1,12-14H2/t18-,19?/m1/s1. The van der Waals surface area contributed by atoms with Crippen LogP contribution in [0.2, 0.25) is 0 Å². The van der Waals surface area contributed by atoms with E-state index in [1.807, 2.05) is 36.4 Å². The first-order chi connectivity index (χ1) is 11.7. The summed E-state index contributed by atoms with van der Waals surface area (Å²) in [4.78, 5) is 12.0. The zero-order valence-corrected chi connectivity index (χ0v) is 13.4. The molecule has 2 aromatic carbocycles. The molecule has 1 saturated heterocycles. The van der Waals surface area contributed by atoms with Gasteiger partial charge in [-0.25, -0.2) is 4.79 Å². The third-order valence-electron chi connectivity index (χ3n) is 3.88. The summed E-state index contributed by atoms with van der Waals surface area (Å²) < 4.78 is 16.9. The molecule has 1 unspecified atom stereocenters. The molecule has 1 aliphatic heterocycles. The molecule has 0 radical (unpaired) electrons. The fourth-order valence-corrected chi connectivity index (χ4v) is 2.58. The fraction of sp³-hybridized carbons (Fsp3) is 0.250. The van der Waals surface area contributed by atoms with Crippen molar-refractivity contribution in [1.82, 2.24) is 0 Å². The Hall–Kier alpha value is -2.43. The number of benzene rings is 2. The zero-order valence-electron chi connectivity index (χ0n) is 13.4. The van der Waals surface area contributed by atoms with Gasteiger partial charge in [-0.1, -0.05) is 55.1 Å². The highest BCUT2D eigenvalue weighted by Crippen LogP contribution is 2.23. The summed E-state index contributed by atoms with van der Waals surface area (Å²) in [6.07, 6.45) is -0.595. The van der Waals surface area contributed by atoms with Crippen molar-refractivity contribution in [3.05, 3.63) is 83.9 Å². The maximum absolute atomic E-state index is 12.0. The molecular formula is C20H20O4. The Morgan fingerprint density at radius 1 is 1.08 bits per heavy atom. The molecule has 124 valence electrons. The van der Waals surface area contributed by atoms with E-state index in [2.05, 4.69) is 6.58 Å². The Bertz CT molecular complexity index is 681. The summed E-state index contributed by atoms with van der Waals surface area (Å²) in [5, 5.41) is 0. The minimum absolute atomic E-state index is 0.145. The molecule has 0 aromatic heterocycles. The van der Waals surface area contributed by atoms with Gasteiger partial charge in [0.15, 0.2) is 0 Å². The van der Waals surface area contributed by atoms with Gasteiger partial charge in [-0.05, 0) is 23.3 Å². The van der Waals surface area contributed by atoms with Gasteiger partial charge in [-0.2, -0.15) is 0 Å². The van der Waals surface area contributed by atoms with Crippen molar-refractivity contribution in [3.63, 3.8) is 0 Å². The lowest BCUT2D eigenvalue weighted by Gasteiger charge is -2.19. The Labute approximate surface area is 141 Å². The normalized spacial score (nSPS) is 20.1. The molecule has 24 heavy (non-hydrogen) atoms. The molecule has 0 amide bonds. The van der Waals surface area contributed by atoms with Gasteiger partial charge in [0.05, 0.1) is 18.8 Å². The highest BCUT2D eigenvalue weighted by Gasteiger charge is 2.33. The van der Waals surface area contributed by atoms with Gasteiger partial charge in [0.25, 0.3) is 0 Å². The average molecular weight is 324 g/mol. The summed E-state index contributed by atoms with van der Waals surface area (Å²) in [7, 11) is 0. The van der Waals surface area contributed by atoms with E-state index in [-0.39, 0.29) is 24.8 Å².